The zero-order chi connectivity index (χ0) is 13.4. The molecule has 0 aliphatic heterocycles. The van der Waals surface area contributed by atoms with Gasteiger partial charge in [-0.1, -0.05) is 6.92 Å². The van der Waals surface area contributed by atoms with Gasteiger partial charge in [0.25, 0.3) is 5.56 Å². The summed E-state index contributed by atoms with van der Waals surface area (Å²) in [6, 6.07) is 3.17. The van der Waals surface area contributed by atoms with Crippen molar-refractivity contribution in [1.29, 1.82) is 5.26 Å². The molecule has 0 aliphatic rings. The molecule has 0 saturated carbocycles. The average Bonchev–Trinajstić information content (AvgIpc) is 2.36. The Balaban J connectivity index is 2.65. The molecule has 0 atom stereocenters. The number of nitrogens with one attached hydrogen (secondary N) is 2. The lowest BCUT2D eigenvalue weighted by molar-refractivity contribution is -0.121. The van der Waals surface area contributed by atoms with E-state index in [2.05, 4.69) is 15.7 Å². The molecule has 7 heteroatoms. The number of aromatic nitrogens is 2. The monoisotopic (exact) mass is 249 g/mol. The van der Waals surface area contributed by atoms with Gasteiger partial charge < -0.3 is 10.6 Å². The van der Waals surface area contributed by atoms with Crippen molar-refractivity contribution in [3.8, 4) is 6.07 Å². The van der Waals surface area contributed by atoms with Gasteiger partial charge in [-0.3, -0.25) is 9.59 Å². The van der Waals surface area contributed by atoms with E-state index < -0.39 is 5.91 Å². The molecular weight excluding hydrogens is 234 g/mol. The molecule has 1 heterocycles. The van der Waals surface area contributed by atoms with E-state index in [4.69, 9.17) is 5.26 Å². The Labute approximate surface area is 104 Å². The summed E-state index contributed by atoms with van der Waals surface area (Å²) >= 11 is 0. The van der Waals surface area contributed by atoms with Gasteiger partial charge in [0.05, 0.1) is 18.0 Å². The van der Waals surface area contributed by atoms with Crippen LogP contribution in [0.1, 0.15) is 13.3 Å². The normalized spacial score (nSPS) is 9.56. The Morgan fingerprint density at radius 1 is 1.61 bits per heavy atom. The van der Waals surface area contributed by atoms with Crippen LogP contribution >= 0.6 is 0 Å². The van der Waals surface area contributed by atoms with Crippen LogP contribution in [0.3, 0.4) is 0 Å². The van der Waals surface area contributed by atoms with Gasteiger partial charge in [0.2, 0.25) is 5.91 Å². The lowest BCUT2D eigenvalue weighted by Crippen LogP contribution is -2.33. The second-order valence-corrected chi connectivity index (χ2v) is 3.60. The number of amides is 1. The highest BCUT2D eigenvalue weighted by molar-refractivity contribution is 5.75. The van der Waals surface area contributed by atoms with E-state index in [1.165, 1.54) is 12.3 Å². The standard InChI is InChI=1S/C11H15N5O2/c1-2-4-13-9-6-11(18)16(15-7-9)8-10(17)14-5-3-12/h6-7,13H,2,4-5,8H2,1H3,(H,14,17). The summed E-state index contributed by atoms with van der Waals surface area (Å²) < 4.78 is 1.05. The van der Waals surface area contributed by atoms with Crippen LogP contribution in [0.5, 0.6) is 0 Å². The average molecular weight is 249 g/mol. The predicted octanol–water partition coefficient (Wildman–Crippen LogP) is -0.295. The van der Waals surface area contributed by atoms with Crippen LogP contribution in [0.15, 0.2) is 17.1 Å². The van der Waals surface area contributed by atoms with Gasteiger partial charge in [-0.15, -0.1) is 0 Å². The van der Waals surface area contributed by atoms with Crippen LogP contribution in [-0.2, 0) is 11.3 Å². The first-order valence-electron chi connectivity index (χ1n) is 5.62. The maximum atomic E-state index is 11.6. The molecule has 2 N–H and O–H groups in total. The minimum Gasteiger partial charge on any atom is -0.384 e. The van der Waals surface area contributed by atoms with Crippen LogP contribution in [0.4, 0.5) is 5.69 Å². The molecule has 0 bridgehead atoms. The molecule has 0 aliphatic carbocycles. The van der Waals surface area contributed by atoms with Crippen molar-refractivity contribution >= 4 is 11.6 Å². The summed E-state index contributed by atoms with van der Waals surface area (Å²) in [6.45, 7) is 2.51. The summed E-state index contributed by atoms with van der Waals surface area (Å²) in [5, 5.41) is 17.5. The molecule has 7 nitrogen and oxygen atoms in total. The summed E-state index contributed by atoms with van der Waals surface area (Å²) in [7, 11) is 0. The van der Waals surface area contributed by atoms with Crippen molar-refractivity contribution in [3.05, 3.63) is 22.6 Å². The summed E-state index contributed by atoms with van der Waals surface area (Å²) in [5.74, 6) is -0.416. The Bertz CT molecular complexity index is 503. The maximum Gasteiger partial charge on any atom is 0.269 e. The Kier molecular flexibility index (Phi) is 5.38. The number of rotatable bonds is 6. The molecule has 0 aromatic carbocycles. The van der Waals surface area contributed by atoms with E-state index >= 15 is 0 Å². The quantitative estimate of drug-likeness (QED) is 0.674. The molecule has 0 saturated heterocycles. The van der Waals surface area contributed by atoms with Gasteiger partial charge in [0, 0.05) is 12.6 Å². The first kappa shape index (κ1) is 13.7. The van der Waals surface area contributed by atoms with E-state index in [0.29, 0.717) is 5.69 Å². The lowest BCUT2D eigenvalue weighted by atomic mass is 10.4. The molecule has 1 aromatic rings. The molecule has 1 aromatic heterocycles. The molecule has 0 unspecified atom stereocenters. The SMILES string of the molecule is CCCNc1cnn(CC(=O)NCC#N)c(=O)c1. The lowest BCUT2D eigenvalue weighted by Gasteiger charge is -2.06. The third kappa shape index (κ3) is 4.25. The fourth-order valence-corrected chi connectivity index (χ4v) is 1.25. The molecule has 1 rings (SSSR count). The van der Waals surface area contributed by atoms with Crippen LogP contribution in [0.25, 0.3) is 0 Å². The Morgan fingerprint density at radius 2 is 2.39 bits per heavy atom. The van der Waals surface area contributed by atoms with Gasteiger partial charge in [-0.2, -0.15) is 10.4 Å². The van der Waals surface area contributed by atoms with Crippen LogP contribution in [0.2, 0.25) is 0 Å². The van der Waals surface area contributed by atoms with Crippen molar-refractivity contribution in [2.45, 2.75) is 19.9 Å². The van der Waals surface area contributed by atoms with Crippen molar-refractivity contribution in [1.82, 2.24) is 15.1 Å². The first-order valence-corrected chi connectivity index (χ1v) is 5.62. The van der Waals surface area contributed by atoms with E-state index in [9.17, 15) is 9.59 Å². The van der Waals surface area contributed by atoms with Crippen molar-refractivity contribution in [2.24, 2.45) is 0 Å². The number of nitrogens with zero attached hydrogens (tertiary/aromatic N) is 3. The maximum absolute atomic E-state index is 11.6. The number of carbonyl (C=O) groups is 1. The van der Waals surface area contributed by atoms with Crippen LogP contribution in [0, 0.1) is 11.3 Å². The van der Waals surface area contributed by atoms with Crippen LogP contribution < -0.4 is 16.2 Å². The fourth-order valence-electron chi connectivity index (χ4n) is 1.25. The van der Waals surface area contributed by atoms with Gasteiger partial charge >= 0.3 is 0 Å². The van der Waals surface area contributed by atoms with E-state index in [0.717, 1.165) is 17.6 Å². The van der Waals surface area contributed by atoms with Crippen LogP contribution in [-0.4, -0.2) is 28.8 Å². The molecule has 0 spiro atoms. The van der Waals surface area contributed by atoms with Gasteiger partial charge in [0.1, 0.15) is 13.1 Å². The highest BCUT2D eigenvalue weighted by atomic mass is 16.2. The van der Waals surface area contributed by atoms with Gasteiger partial charge in [-0.25, -0.2) is 4.68 Å². The van der Waals surface area contributed by atoms with Crippen molar-refractivity contribution in [2.75, 3.05) is 18.4 Å². The summed E-state index contributed by atoms with van der Waals surface area (Å²) in [4.78, 5) is 22.9. The van der Waals surface area contributed by atoms with Gasteiger partial charge in [-0.05, 0) is 6.42 Å². The molecule has 18 heavy (non-hydrogen) atoms. The highest BCUT2D eigenvalue weighted by Crippen LogP contribution is 1.99. The number of hydrogen-bond donors (Lipinski definition) is 2. The molecule has 0 fully saturated rings. The first-order chi connectivity index (χ1) is 8.67. The number of nitriles is 1. The van der Waals surface area contributed by atoms with E-state index in [1.54, 1.807) is 6.07 Å². The molecule has 1 amide bonds. The zero-order valence-electron chi connectivity index (χ0n) is 10.1. The summed E-state index contributed by atoms with van der Waals surface area (Å²) in [6.07, 6.45) is 2.44. The Morgan fingerprint density at radius 3 is 3.00 bits per heavy atom. The zero-order valence-corrected chi connectivity index (χ0v) is 10.1. The molecule has 96 valence electrons. The smallest absolute Gasteiger partial charge is 0.269 e. The number of hydrogen-bond acceptors (Lipinski definition) is 5. The minimum absolute atomic E-state index is 0.0796. The Hall–Kier alpha value is -2.36. The number of anilines is 1. The minimum atomic E-state index is -0.416. The van der Waals surface area contributed by atoms with Gasteiger partial charge in [0.15, 0.2) is 0 Å². The third-order valence-corrected chi connectivity index (χ3v) is 2.11. The second-order valence-electron chi connectivity index (χ2n) is 3.60. The second kappa shape index (κ2) is 7.06. The fraction of sp³-hybridized carbons (Fsp3) is 0.455. The third-order valence-electron chi connectivity index (χ3n) is 2.11. The van der Waals surface area contributed by atoms with E-state index in [-0.39, 0.29) is 18.6 Å². The number of carbonyl (C=O) groups excluding carboxylic acids is 1. The van der Waals surface area contributed by atoms with E-state index in [1.807, 2.05) is 6.92 Å². The topological polar surface area (TPSA) is 99.8 Å². The highest BCUT2D eigenvalue weighted by Gasteiger charge is 2.05. The molecule has 0 radical (unpaired) electrons. The van der Waals surface area contributed by atoms with Crippen molar-refractivity contribution in [3.63, 3.8) is 0 Å². The van der Waals surface area contributed by atoms with Crippen molar-refractivity contribution < 1.29 is 4.79 Å². The largest absolute Gasteiger partial charge is 0.384 e. The predicted molar refractivity (Wildman–Crippen MR) is 65.9 cm³/mol. The molecular formula is C11H15N5O2. The summed E-state index contributed by atoms with van der Waals surface area (Å²) in [5.41, 5.74) is 0.277.